The minimum atomic E-state index is 0.647. The fraction of sp³-hybridized carbons (Fsp3) is 0.522. The van der Waals surface area contributed by atoms with Crippen molar-refractivity contribution in [3.8, 4) is 0 Å². The number of fused-ring (bicyclic) bond motifs is 6. The van der Waals surface area contributed by atoms with Crippen LogP contribution in [0.2, 0.25) is 0 Å². The molecule has 3 heteroatoms. The van der Waals surface area contributed by atoms with Crippen LogP contribution in [0.3, 0.4) is 0 Å². The number of pyridine rings is 1. The molecule has 3 nitrogen and oxygen atoms in total. The highest BCUT2D eigenvalue weighted by molar-refractivity contribution is 5.64. The standard InChI is InChI=1S/C23H29N3/c1-15-4-8-21-19(12-15)20-13-18-7-9-22(25(18)3)23(20)26(21)11-10-17-6-5-16(2)24-14-17/h4-6,8,12,14,18,20,22-23H,7,9-11,13H2,1-3H3/t18-,20+,22+,23-/m1/s1. The Morgan fingerprint density at radius 3 is 2.81 bits per heavy atom. The third-order valence-corrected chi connectivity index (χ3v) is 7.09. The lowest BCUT2D eigenvalue weighted by molar-refractivity contribution is 0.141. The zero-order valence-corrected chi connectivity index (χ0v) is 16.2. The molecule has 5 rings (SSSR count). The minimum absolute atomic E-state index is 0.647. The Kier molecular flexibility index (Phi) is 3.82. The van der Waals surface area contributed by atoms with E-state index in [4.69, 9.17) is 0 Å². The van der Waals surface area contributed by atoms with Gasteiger partial charge in [-0.15, -0.1) is 0 Å². The minimum Gasteiger partial charge on any atom is -0.366 e. The van der Waals surface area contributed by atoms with Crippen LogP contribution in [0.1, 0.15) is 47.6 Å². The van der Waals surface area contributed by atoms with Crippen molar-refractivity contribution in [2.75, 3.05) is 18.5 Å². The number of benzene rings is 1. The highest BCUT2D eigenvalue weighted by atomic mass is 15.3. The number of nitrogens with zero attached hydrogens (tertiary/aromatic N) is 3. The lowest BCUT2D eigenvalue weighted by Gasteiger charge is -2.44. The molecule has 2 saturated heterocycles. The van der Waals surface area contributed by atoms with Crippen molar-refractivity contribution in [2.24, 2.45) is 0 Å². The average molecular weight is 348 g/mol. The number of rotatable bonds is 3. The largest absolute Gasteiger partial charge is 0.366 e. The first-order valence-corrected chi connectivity index (χ1v) is 10.1. The molecular formula is C23H29N3. The maximum Gasteiger partial charge on any atom is 0.0515 e. The smallest absolute Gasteiger partial charge is 0.0515 e. The van der Waals surface area contributed by atoms with Crippen LogP contribution in [-0.2, 0) is 6.42 Å². The second-order valence-corrected chi connectivity index (χ2v) is 8.61. The van der Waals surface area contributed by atoms with Crippen molar-refractivity contribution in [3.63, 3.8) is 0 Å². The number of hydrogen-bond donors (Lipinski definition) is 0. The van der Waals surface area contributed by atoms with Gasteiger partial charge in [-0.1, -0.05) is 23.8 Å². The number of likely N-dealkylation sites (N-methyl/N-ethyl adjacent to an activating group) is 1. The van der Waals surface area contributed by atoms with E-state index in [1.165, 1.54) is 36.1 Å². The number of aromatic nitrogens is 1. The molecule has 0 unspecified atom stereocenters. The van der Waals surface area contributed by atoms with Crippen LogP contribution < -0.4 is 4.90 Å². The monoisotopic (exact) mass is 347 g/mol. The van der Waals surface area contributed by atoms with Crippen LogP contribution in [0.4, 0.5) is 5.69 Å². The Bertz CT molecular complexity index is 813. The molecule has 136 valence electrons. The normalized spacial score (nSPS) is 29.7. The van der Waals surface area contributed by atoms with E-state index in [9.17, 15) is 0 Å². The molecule has 0 spiro atoms. The molecule has 0 saturated carbocycles. The molecule has 3 aliphatic rings. The molecule has 2 bridgehead atoms. The van der Waals surface area contributed by atoms with Crippen LogP contribution in [-0.4, -0.2) is 41.6 Å². The summed E-state index contributed by atoms with van der Waals surface area (Å²) in [5.41, 5.74) is 6.95. The van der Waals surface area contributed by atoms with Gasteiger partial charge in [0.25, 0.3) is 0 Å². The zero-order chi connectivity index (χ0) is 17.8. The molecule has 4 atom stereocenters. The molecule has 0 radical (unpaired) electrons. The molecule has 3 aliphatic heterocycles. The predicted molar refractivity (Wildman–Crippen MR) is 107 cm³/mol. The molecule has 0 aliphatic carbocycles. The zero-order valence-electron chi connectivity index (χ0n) is 16.2. The highest BCUT2D eigenvalue weighted by Gasteiger charge is 2.52. The van der Waals surface area contributed by atoms with E-state index >= 15 is 0 Å². The number of piperidine rings is 1. The summed E-state index contributed by atoms with van der Waals surface area (Å²) >= 11 is 0. The summed E-state index contributed by atoms with van der Waals surface area (Å²) < 4.78 is 0. The van der Waals surface area contributed by atoms with Crippen molar-refractivity contribution in [2.45, 2.75) is 63.6 Å². The first-order chi connectivity index (χ1) is 12.6. The number of hydrogen-bond acceptors (Lipinski definition) is 3. The SMILES string of the molecule is Cc1ccc2c(c1)[C@@H]1C[C@H]3CC[C@@H]([C@@H]1N2CCc1ccc(C)nc1)N3C. The first kappa shape index (κ1) is 16.3. The molecule has 26 heavy (non-hydrogen) atoms. The van der Waals surface area contributed by atoms with Gasteiger partial charge in [-0.05, 0) is 69.8 Å². The molecule has 4 heterocycles. The van der Waals surface area contributed by atoms with Gasteiger partial charge < -0.3 is 4.90 Å². The Morgan fingerprint density at radius 2 is 2.00 bits per heavy atom. The van der Waals surface area contributed by atoms with Gasteiger partial charge in [-0.25, -0.2) is 0 Å². The van der Waals surface area contributed by atoms with E-state index in [1.807, 2.05) is 0 Å². The fourth-order valence-corrected chi connectivity index (χ4v) is 5.73. The molecule has 2 fully saturated rings. The summed E-state index contributed by atoms with van der Waals surface area (Å²) in [7, 11) is 2.36. The van der Waals surface area contributed by atoms with Gasteiger partial charge in [-0.3, -0.25) is 9.88 Å². The van der Waals surface area contributed by atoms with E-state index in [2.05, 4.69) is 72.2 Å². The third-order valence-electron chi connectivity index (χ3n) is 7.09. The second-order valence-electron chi connectivity index (χ2n) is 8.61. The summed E-state index contributed by atoms with van der Waals surface area (Å²) in [6, 6.07) is 13.7. The van der Waals surface area contributed by atoms with Gasteiger partial charge in [0.2, 0.25) is 0 Å². The number of aryl methyl sites for hydroxylation is 2. The summed E-state index contributed by atoms with van der Waals surface area (Å²) in [4.78, 5) is 9.90. The third kappa shape index (κ3) is 2.48. The molecule has 2 aromatic rings. The van der Waals surface area contributed by atoms with E-state index in [1.54, 1.807) is 5.56 Å². The van der Waals surface area contributed by atoms with Crippen LogP contribution in [0, 0.1) is 13.8 Å². The summed E-state index contributed by atoms with van der Waals surface area (Å²) in [6.45, 7) is 5.39. The van der Waals surface area contributed by atoms with Crippen LogP contribution >= 0.6 is 0 Å². The van der Waals surface area contributed by atoms with E-state index < -0.39 is 0 Å². The maximum absolute atomic E-state index is 4.48. The Hall–Kier alpha value is -1.87. The van der Waals surface area contributed by atoms with Crippen LogP contribution in [0.5, 0.6) is 0 Å². The van der Waals surface area contributed by atoms with E-state index in [0.717, 1.165) is 30.6 Å². The molecular weight excluding hydrogens is 318 g/mol. The highest BCUT2D eigenvalue weighted by Crippen LogP contribution is 2.52. The lowest BCUT2D eigenvalue weighted by Crippen LogP contribution is -2.54. The predicted octanol–water partition coefficient (Wildman–Crippen LogP) is 4.08. The van der Waals surface area contributed by atoms with Crippen molar-refractivity contribution >= 4 is 5.69 Å². The van der Waals surface area contributed by atoms with E-state index in [-0.39, 0.29) is 0 Å². The summed E-state index contributed by atoms with van der Waals surface area (Å²) in [5, 5.41) is 0. The molecule has 0 N–H and O–H groups in total. The van der Waals surface area contributed by atoms with Crippen molar-refractivity contribution < 1.29 is 0 Å². The quantitative estimate of drug-likeness (QED) is 0.834. The average Bonchev–Trinajstić information content (AvgIpc) is 3.05. The van der Waals surface area contributed by atoms with Gasteiger partial charge in [-0.2, -0.15) is 0 Å². The van der Waals surface area contributed by atoms with Crippen molar-refractivity contribution in [3.05, 3.63) is 58.9 Å². The first-order valence-electron chi connectivity index (χ1n) is 10.1. The molecule has 1 aromatic carbocycles. The van der Waals surface area contributed by atoms with Crippen LogP contribution in [0.15, 0.2) is 36.5 Å². The fourth-order valence-electron chi connectivity index (χ4n) is 5.73. The van der Waals surface area contributed by atoms with E-state index in [0.29, 0.717) is 12.1 Å². The summed E-state index contributed by atoms with van der Waals surface area (Å²) in [5.74, 6) is 0.717. The molecule has 0 amide bonds. The Labute approximate surface area is 157 Å². The lowest BCUT2D eigenvalue weighted by atomic mass is 9.83. The van der Waals surface area contributed by atoms with Crippen molar-refractivity contribution in [1.82, 2.24) is 9.88 Å². The van der Waals surface area contributed by atoms with Gasteiger partial charge in [0.1, 0.15) is 0 Å². The maximum atomic E-state index is 4.48. The Morgan fingerprint density at radius 1 is 1.12 bits per heavy atom. The second kappa shape index (κ2) is 6.09. The van der Waals surface area contributed by atoms with Crippen molar-refractivity contribution in [1.29, 1.82) is 0 Å². The topological polar surface area (TPSA) is 19.4 Å². The van der Waals surface area contributed by atoms with Gasteiger partial charge in [0.05, 0.1) is 6.04 Å². The summed E-state index contributed by atoms with van der Waals surface area (Å²) in [6.07, 6.45) is 7.20. The van der Waals surface area contributed by atoms with Gasteiger partial charge >= 0.3 is 0 Å². The van der Waals surface area contributed by atoms with Crippen LogP contribution in [0.25, 0.3) is 0 Å². The van der Waals surface area contributed by atoms with Gasteiger partial charge in [0.15, 0.2) is 0 Å². The molecule has 1 aromatic heterocycles. The van der Waals surface area contributed by atoms with Gasteiger partial charge in [0, 0.05) is 42.1 Å². The number of anilines is 1. The Balaban J connectivity index is 1.47.